The van der Waals surface area contributed by atoms with E-state index in [1.165, 1.54) is 27.7 Å². The molecule has 0 aliphatic carbocycles. The van der Waals surface area contributed by atoms with E-state index in [4.69, 9.17) is 23.7 Å². The Hall–Kier alpha value is -2.16. The molecule has 1 fully saturated rings. The van der Waals surface area contributed by atoms with Crippen molar-refractivity contribution in [1.29, 1.82) is 0 Å². The van der Waals surface area contributed by atoms with Gasteiger partial charge in [-0.15, -0.1) is 0 Å². The Bertz CT molecular complexity index is 499. The Morgan fingerprint density at radius 1 is 0.792 bits per heavy atom. The van der Waals surface area contributed by atoms with Crippen molar-refractivity contribution < 1.29 is 42.9 Å². The van der Waals surface area contributed by atoms with Crippen LogP contribution in [-0.4, -0.2) is 55.1 Å². The topological polar surface area (TPSA) is 114 Å². The van der Waals surface area contributed by atoms with Crippen LogP contribution >= 0.6 is 0 Å². The van der Waals surface area contributed by atoms with Gasteiger partial charge in [-0.2, -0.15) is 0 Å². The first-order valence-electron chi connectivity index (χ1n) is 7.42. The molecule has 1 rings (SSSR count). The quantitative estimate of drug-likeness (QED) is 0.513. The van der Waals surface area contributed by atoms with E-state index in [0.717, 1.165) is 0 Å². The second-order valence-electron chi connectivity index (χ2n) is 5.46. The molecule has 0 aromatic carbocycles. The summed E-state index contributed by atoms with van der Waals surface area (Å²) in [6, 6.07) is 0. The zero-order valence-electron chi connectivity index (χ0n) is 14.3. The highest BCUT2D eigenvalue weighted by Crippen LogP contribution is 2.31. The zero-order chi connectivity index (χ0) is 18.4. The molecule has 0 radical (unpaired) electrons. The van der Waals surface area contributed by atoms with E-state index in [9.17, 15) is 19.2 Å². The molecule has 3 unspecified atom stereocenters. The molecule has 136 valence electrons. The molecule has 1 heterocycles. The van der Waals surface area contributed by atoms with Gasteiger partial charge in [0.25, 0.3) is 0 Å². The van der Waals surface area contributed by atoms with Crippen LogP contribution in [0.3, 0.4) is 0 Å². The Balaban J connectivity index is 3.04. The molecule has 24 heavy (non-hydrogen) atoms. The average Bonchev–Trinajstić information content (AvgIpc) is 2.42. The molecule has 1 aliphatic rings. The van der Waals surface area contributed by atoms with Crippen LogP contribution in [0.2, 0.25) is 0 Å². The molecule has 0 aromatic rings. The first-order valence-corrected chi connectivity index (χ1v) is 7.42. The summed E-state index contributed by atoms with van der Waals surface area (Å²) in [5.41, 5.74) is 0. The van der Waals surface area contributed by atoms with Crippen molar-refractivity contribution in [1.82, 2.24) is 0 Å². The summed E-state index contributed by atoms with van der Waals surface area (Å²) in [6.07, 6.45) is -3.89. The number of rotatable bonds is 5. The first-order chi connectivity index (χ1) is 11.1. The molecular formula is C15H22O9. The molecule has 0 spiro atoms. The van der Waals surface area contributed by atoms with E-state index >= 15 is 0 Å². The predicted octanol–water partition coefficient (Wildman–Crippen LogP) is 0.337. The summed E-state index contributed by atoms with van der Waals surface area (Å²) in [5.74, 6) is -2.92. The third kappa shape index (κ3) is 5.80. The van der Waals surface area contributed by atoms with Crippen molar-refractivity contribution >= 4 is 23.9 Å². The maximum absolute atomic E-state index is 11.4. The Labute approximate surface area is 139 Å². The molecule has 0 amide bonds. The highest BCUT2D eigenvalue weighted by atomic mass is 16.7. The molecule has 1 aliphatic heterocycles. The van der Waals surface area contributed by atoms with Crippen LogP contribution < -0.4 is 0 Å². The summed E-state index contributed by atoms with van der Waals surface area (Å²) in [6.45, 7) is 6.26. The van der Waals surface area contributed by atoms with E-state index in [0.29, 0.717) is 0 Å². The highest BCUT2D eigenvalue weighted by Gasteiger charge is 2.49. The van der Waals surface area contributed by atoms with Crippen LogP contribution in [0.25, 0.3) is 0 Å². The van der Waals surface area contributed by atoms with Gasteiger partial charge in [0.2, 0.25) is 6.29 Å². The lowest BCUT2D eigenvalue weighted by Gasteiger charge is -2.43. The summed E-state index contributed by atoms with van der Waals surface area (Å²) < 4.78 is 25.9. The fraction of sp³-hybridized carbons (Fsp3) is 0.733. The number of ether oxygens (including phenoxy) is 5. The Kier molecular flexibility index (Phi) is 7.15. The fourth-order valence-corrected chi connectivity index (χ4v) is 2.42. The molecule has 1 saturated heterocycles. The summed E-state index contributed by atoms with van der Waals surface area (Å²) >= 11 is 0. The van der Waals surface area contributed by atoms with Crippen molar-refractivity contribution in [3.05, 3.63) is 0 Å². The van der Waals surface area contributed by atoms with E-state index in [1.807, 2.05) is 0 Å². The van der Waals surface area contributed by atoms with Crippen molar-refractivity contribution in [2.75, 3.05) is 6.61 Å². The fourth-order valence-electron chi connectivity index (χ4n) is 2.42. The van der Waals surface area contributed by atoms with Crippen LogP contribution in [0.5, 0.6) is 0 Å². The van der Waals surface area contributed by atoms with Gasteiger partial charge in [0.15, 0.2) is 6.10 Å². The first kappa shape index (κ1) is 19.9. The van der Waals surface area contributed by atoms with Gasteiger partial charge in [-0.1, -0.05) is 6.92 Å². The zero-order valence-corrected chi connectivity index (χ0v) is 14.3. The van der Waals surface area contributed by atoms with Crippen LogP contribution in [0, 0.1) is 5.92 Å². The Morgan fingerprint density at radius 2 is 1.29 bits per heavy atom. The standard InChI is InChI=1S/C15H22O9/c1-7-13(21-9(3)17)12(6-20-8(2)16)24-15(23-11(5)19)14(7)22-10(4)18/h7,12-15H,6H2,1-5H3/t7-,12?,13+,14?,15?/m0/s1. The summed E-state index contributed by atoms with van der Waals surface area (Å²) in [7, 11) is 0. The molecule has 0 saturated carbocycles. The van der Waals surface area contributed by atoms with Gasteiger partial charge in [-0.05, 0) is 0 Å². The minimum atomic E-state index is -1.20. The minimum absolute atomic E-state index is 0.206. The average molecular weight is 346 g/mol. The van der Waals surface area contributed by atoms with E-state index in [1.54, 1.807) is 6.92 Å². The largest absolute Gasteiger partial charge is 0.463 e. The molecular weight excluding hydrogens is 324 g/mol. The van der Waals surface area contributed by atoms with Crippen LogP contribution in [0.15, 0.2) is 0 Å². The van der Waals surface area contributed by atoms with Gasteiger partial charge in [0, 0.05) is 33.6 Å². The SMILES string of the molecule is CC(=O)OCC1OC(OC(C)=O)C(OC(C)=O)[C@@H](C)[C@H]1OC(C)=O. The molecule has 0 N–H and O–H groups in total. The van der Waals surface area contributed by atoms with Gasteiger partial charge in [0.1, 0.15) is 18.8 Å². The van der Waals surface area contributed by atoms with Gasteiger partial charge in [-0.3, -0.25) is 19.2 Å². The maximum atomic E-state index is 11.4. The third-order valence-corrected chi connectivity index (χ3v) is 3.32. The van der Waals surface area contributed by atoms with Crippen LogP contribution in [-0.2, 0) is 42.9 Å². The van der Waals surface area contributed by atoms with Crippen molar-refractivity contribution in [2.24, 2.45) is 5.92 Å². The normalized spacial score (nSPS) is 29.3. The van der Waals surface area contributed by atoms with Gasteiger partial charge < -0.3 is 23.7 Å². The molecule has 0 bridgehead atoms. The van der Waals surface area contributed by atoms with Gasteiger partial charge >= 0.3 is 23.9 Å². The van der Waals surface area contributed by atoms with Crippen molar-refractivity contribution in [3.63, 3.8) is 0 Å². The third-order valence-electron chi connectivity index (χ3n) is 3.32. The summed E-state index contributed by atoms with van der Waals surface area (Å²) in [5, 5.41) is 0. The van der Waals surface area contributed by atoms with Crippen molar-refractivity contribution in [2.45, 2.75) is 59.2 Å². The van der Waals surface area contributed by atoms with E-state index < -0.39 is 54.4 Å². The molecule has 9 heteroatoms. The van der Waals surface area contributed by atoms with E-state index in [-0.39, 0.29) is 6.61 Å². The number of carbonyl (C=O) groups is 4. The lowest BCUT2D eigenvalue weighted by molar-refractivity contribution is -0.285. The maximum Gasteiger partial charge on any atom is 0.305 e. The molecule has 9 nitrogen and oxygen atoms in total. The van der Waals surface area contributed by atoms with Gasteiger partial charge in [0.05, 0.1) is 0 Å². The Morgan fingerprint density at radius 3 is 1.75 bits per heavy atom. The number of hydrogen-bond acceptors (Lipinski definition) is 9. The van der Waals surface area contributed by atoms with Crippen molar-refractivity contribution in [3.8, 4) is 0 Å². The van der Waals surface area contributed by atoms with Gasteiger partial charge in [-0.25, -0.2) is 0 Å². The lowest BCUT2D eigenvalue weighted by Crippen LogP contribution is -2.58. The minimum Gasteiger partial charge on any atom is -0.463 e. The number of carbonyl (C=O) groups excluding carboxylic acids is 4. The smallest absolute Gasteiger partial charge is 0.305 e. The number of hydrogen-bond donors (Lipinski definition) is 0. The second kappa shape index (κ2) is 8.62. The highest BCUT2D eigenvalue weighted by molar-refractivity contribution is 5.68. The monoisotopic (exact) mass is 346 g/mol. The predicted molar refractivity (Wildman–Crippen MR) is 77.3 cm³/mol. The molecule has 5 atom stereocenters. The second-order valence-corrected chi connectivity index (χ2v) is 5.46. The van der Waals surface area contributed by atoms with E-state index in [2.05, 4.69) is 0 Å². The van der Waals surface area contributed by atoms with Crippen LogP contribution in [0.1, 0.15) is 34.6 Å². The molecule has 0 aromatic heterocycles. The summed E-state index contributed by atoms with van der Waals surface area (Å²) in [4.78, 5) is 45.0. The number of esters is 4. The lowest BCUT2D eigenvalue weighted by atomic mass is 9.90. The van der Waals surface area contributed by atoms with Crippen LogP contribution in [0.4, 0.5) is 0 Å².